The Labute approximate surface area is 286 Å². The summed E-state index contributed by atoms with van der Waals surface area (Å²) in [5.74, 6) is 0.203. The molecule has 0 bridgehead atoms. The number of aliphatic hydroxyl groups is 1. The number of aliphatic hydroxyl groups excluding tert-OH is 1. The molecule has 1 aliphatic rings. The zero-order chi connectivity index (χ0) is 34.7. The fraction of sp³-hybridized carbons (Fsp3) is 0.350. The topological polar surface area (TPSA) is 32.7 Å². The normalized spacial score (nSPS) is 13.8. The van der Waals surface area contributed by atoms with Crippen LogP contribution in [0.3, 0.4) is 0 Å². The molecular weight excluding hydrogens is 638 g/mol. The number of allylic oxidation sites excluding steroid dienone is 5. The van der Waals surface area contributed by atoms with Crippen molar-refractivity contribution in [2.75, 3.05) is 19.7 Å². The molecule has 0 aromatic heterocycles. The second-order valence-electron chi connectivity index (χ2n) is 12.4. The van der Waals surface area contributed by atoms with Gasteiger partial charge in [-0.15, -0.1) is 0 Å². The lowest BCUT2D eigenvalue weighted by atomic mass is 9.87. The number of nitrogens with zero attached hydrogens (tertiary/aromatic N) is 1. The fourth-order valence-corrected chi connectivity index (χ4v) is 6.30. The Bertz CT molecular complexity index is 1590. The van der Waals surface area contributed by atoms with Gasteiger partial charge >= 0.3 is 6.18 Å². The van der Waals surface area contributed by atoms with Gasteiger partial charge in [0.25, 0.3) is 0 Å². The van der Waals surface area contributed by atoms with Crippen molar-refractivity contribution >= 4 is 11.6 Å². The maximum atomic E-state index is 15.1. The number of benzene rings is 3. The van der Waals surface area contributed by atoms with Crippen molar-refractivity contribution in [3.63, 3.8) is 0 Å². The third kappa shape index (κ3) is 10.9. The van der Waals surface area contributed by atoms with E-state index in [1.807, 2.05) is 31.2 Å². The van der Waals surface area contributed by atoms with Crippen molar-refractivity contribution < 1.29 is 27.4 Å². The largest absolute Gasteiger partial charge is 0.513 e. The highest BCUT2D eigenvalue weighted by Gasteiger charge is 2.34. The van der Waals surface area contributed by atoms with Crippen LogP contribution in [0.15, 0.2) is 109 Å². The van der Waals surface area contributed by atoms with E-state index in [1.54, 1.807) is 6.07 Å². The second kappa shape index (κ2) is 17.5. The average molecular weight is 682 g/mol. The number of hydrogen-bond donors (Lipinski definition) is 1. The van der Waals surface area contributed by atoms with E-state index >= 15 is 4.39 Å². The summed E-state index contributed by atoms with van der Waals surface area (Å²) in [6.07, 6.45) is 6.60. The highest BCUT2D eigenvalue weighted by molar-refractivity contribution is 6.32. The number of rotatable bonds is 17. The van der Waals surface area contributed by atoms with E-state index in [1.165, 1.54) is 17.7 Å². The Morgan fingerprint density at radius 3 is 2.46 bits per heavy atom. The van der Waals surface area contributed by atoms with Crippen molar-refractivity contribution in [1.82, 2.24) is 4.90 Å². The highest BCUT2D eigenvalue weighted by atomic mass is 35.5. The molecule has 3 aromatic rings. The molecule has 4 rings (SSSR count). The van der Waals surface area contributed by atoms with Gasteiger partial charge in [0.15, 0.2) is 0 Å². The van der Waals surface area contributed by atoms with Crippen LogP contribution in [0.4, 0.5) is 17.6 Å². The molecule has 3 nitrogen and oxygen atoms in total. The minimum Gasteiger partial charge on any atom is -0.513 e. The van der Waals surface area contributed by atoms with Gasteiger partial charge in [0, 0.05) is 38.0 Å². The van der Waals surface area contributed by atoms with Crippen LogP contribution >= 0.6 is 11.6 Å². The minimum absolute atomic E-state index is 0.0103. The standard InChI is InChI=1S/C40H44ClF4NO2/c1-28(18-20-30(3)47)19-21-35-29(2)24-34(25-38(35)42)48-23-11-22-46(26-33-16-10-17-37(39(33)41)40(43,44)45)27-36(31-12-6-4-7-13-31)32-14-8-5-9-15-32/h4,6-8,10,12-17,24-25,36,47H,1,3,5,9,11,18-23,26-27H2,2H3. The zero-order valence-electron chi connectivity index (χ0n) is 27.5. The molecule has 1 aliphatic carbocycles. The molecule has 0 heterocycles. The molecule has 0 saturated heterocycles. The molecule has 256 valence electrons. The number of hydrogen-bond acceptors (Lipinski definition) is 3. The van der Waals surface area contributed by atoms with Gasteiger partial charge in [0.05, 0.1) is 23.0 Å². The van der Waals surface area contributed by atoms with Crippen molar-refractivity contribution in [2.45, 2.75) is 70.5 Å². The van der Waals surface area contributed by atoms with Crippen LogP contribution in [-0.2, 0) is 19.1 Å². The van der Waals surface area contributed by atoms with Gasteiger partial charge in [-0.05, 0) is 85.4 Å². The second-order valence-corrected chi connectivity index (χ2v) is 12.8. The van der Waals surface area contributed by atoms with E-state index < -0.39 is 11.7 Å². The van der Waals surface area contributed by atoms with Gasteiger partial charge < -0.3 is 9.84 Å². The van der Waals surface area contributed by atoms with Crippen LogP contribution in [0.1, 0.15) is 72.3 Å². The van der Waals surface area contributed by atoms with E-state index in [4.69, 9.17) is 16.3 Å². The average Bonchev–Trinajstić information content (AvgIpc) is 3.05. The van der Waals surface area contributed by atoms with Crippen molar-refractivity contribution in [3.8, 4) is 5.75 Å². The first-order chi connectivity index (χ1) is 22.9. The molecule has 8 heteroatoms. The summed E-state index contributed by atoms with van der Waals surface area (Å²) in [5, 5.41) is 9.03. The van der Waals surface area contributed by atoms with Gasteiger partial charge in [-0.1, -0.05) is 91.0 Å². The summed E-state index contributed by atoms with van der Waals surface area (Å²) in [7, 11) is 0. The third-order valence-corrected chi connectivity index (χ3v) is 9.07. The summed E-state index contributed by atoms with van der Waals surface area (Å²) in [4.78, 5) is 2.12. The van der Waals surface area contributed by atoms with Crippen LogP contribution in [-0.4, -0.2) is 29.7 Å². The van der Waals surface area contributed by atoms with Gasteiger partial charge in [-0.2, -0.15) is 13.2 Å². The molecule has 1 atom stereocenters. The van der Waals surface area contributed by atoms with Crippen LogP contribution in [0.2, 0.25) is 5.02 Å². The quantitative estimate of drug-likeness (QED) is 0.0666. The highest BCUT2D eigenvalue weighted by Crippen LogP contribution is 2.37. The third-order valence-electron chi connectivity index (χ3n) is 8.62. The number of halogens is 5. The summed E-state index contributed by atoms with van der Waals surface area (Å²) >= 11 is 6.34. The summed E-state index contributed by atoms with van der Waals surface area (Å²) in [6.45, 7) is 11.0. The van der Waals surface area contributed by atoms with Crippen molar-refractivity contribution in [2.24, 2.45) is 0 Å². The maximum absolute atomic E-state index is 15.1. The monoisotopic (exact) mass is 681 g/mol. The Hall–Kier alpha value is -3.81. The Morgan fingerprint density at radius 1 is 1.02 bits per heavy atom. The predicted octanol–water partition coefficient (Wildman–Crippen LogP) is 11.5. The van der Waals surface area contributed by atoms with Gasteiger partial charge in [-0.25, -0.2) is 4.39 Å². The summed E-state index contributed by atoms with van der Waals surface area (Å²) < 4.78 is 62.2. The lowest BCUT2D eigenvalue weighted by molar-refractivity contribution is -0.137. The molecule has 0 saturated carbocycles. The Kier molecular flexibility index (Phi) is 13.5. The Balaban J connectivity index is 1.47. The van der Waals surface area contributed by atoms with Gasteiger partial charge in [0.1, 0.15) is 11.6 Å². The molecule has 1 unspecified atom stereocenters. The molecule has 0 radical (unpaired) electrons. The first kappa shape index (κ1) is 37.0. The summed E-state index contributed by atoms with van der Waals surface area (Å²) in [5.41, 5.74) is 4.18. The molecule has 3 aromatic carbocycles. The summed E-state index contributed by atoms with van der Waals surface area (Å²) in [6, 6.07) is 17.4. The van der Waals surface area contributed by atoms with E-state index in [2.05, 4.69) is 48.4 Å². The fourth-order valence-electron chi connectivity index (χ4n) is 6.00. The van der Waals surface area contributed by atoms with E-state index in [9.17, 15) is 18.3 Å². The van der Waals surface area contributed by atoms with Crippen LogP contribution in [0.25, 0.3) is 0 Å². The van der Waals surface area contributed by atoms with Crippen LogP contribution < -0.4 is 4.74 Å². The SMILES string of the molecule is C=C(O)CCC(=C)CCc1c(C)cc(OCCCN(Cc2cccc(C(F)(F)F)c2Cl)CC(C2=CCCC=C2)c2ccccc2)cc1F. The number of aryl methyl sites for hydroxylation is 1. The molecule has 0 fully saturated rings. The zero-order valence-corrected chi connectivity index (χ0v) is 28.2. The molecule has 1 N–H and O–H groups in total. The number of ether oxygens (including phenoxy) is 1. The number of alkyl halides is 3. The minimum atomic E-state index is -4.55. The van der Waals surface area contributed by atoms with Crippen molar-refractivity contribution in [1.29, 1.82) is 0 Å². The maximum Gasteiger partial charge on any atom is 0.417 e. The van der Waals surface area contributed by atoms with Gasteiger partial charge in [0.2, 0.25) is 0 Å². The Morgan fingerprint density at radius 2 is 1.79 bits per heavy atom. The lowest BCUT2D eigenvalue weighted by Gasteiger charge is -2.30. The van der Waals surface area contributed by atoms with Crippen LogP contribution in [0.5, 0.6) is 5.75 Å². The smallest absolute Gasteiger partial charge is 0.417 e. The first-order valence-electron chi connectivity index (χ1n) is 16.4. The van der Waals surface area contributed by atoms with Gasteiger partial charge in [-0.3, -0.25) is 4.90 Å². The molecule has 0 spiro atoms. The molecule has 0 aliphatic heterocycles. The van der Waals surface area contributed by atoms with Crippen molar-refractivity contribution in [3.05, 3.63) is 148 Å². The van der Waals surface area contributed by atoms with Crippen LogP contribution in [0, 0.1) is 12.7 Å². The predicted molar refractivity (Wildman–Crippen MR) is 187 cm³/mol. The van der Waals surface area contributed by atoms with E-state index in [0.717, 1.165) is 35.6 Å². The molecule has 48 heavy (non-hydrogen) atoms. The first-order valence-corrected chi connectivity index (χ1v) is 16.7. The van der Waals surface area contributed by atoms with E-state index in [-0.39, 0.29) is 29.1 Å². The molecular formula is C40H44ClF4NO2. The van der Waals surface area contributed by atoms with E-state index in [0.29, 0.717) is 68.7 Å². The lowest BCUT2D eigenvalue weighted by Crippen LogP contribution is -2.31. The molecule has 0 amide bonds.